The van der Waals surface area contributed by atoms with Crippen LogP contribution in [0.1, 0.15) is 29.9 Å². The number of likely N-dealkylation sites (tertiary alicyclic amines) is 1. The zero-order valence-electron chi connectivity index (χ0n) is 16.5. The summed E-state index contributed by atoms with van der Waals surface area (Å²) < 4.78 is 5.97. The van der Waals surface area contributed by atoms with Crippen molar-refractivity contribution in [2.24, 2.45) is 5.92 Å². The van der Waals surface area contributed by atoms with E-state index in [1.165, 1.54) is 6.07 Å². The fraction of sp³-hybridized carbons (Fsp3) is 0.476. The SMILES string of the molecule is Cc1cc(=O)[nH]c(CCNC(=O)N2CCC[C@@H](COc3ccccc3C)C2)n1. The number of amides is 2. The van der Waals surface area contributed by atoms with Crippen LogP contribution >= 0.6 is 0 Å². The van der Waals surface area contributed by atoms with E-state index in [4.69, 9.17) is 4.74 Å². The summed E-state index contributed by atoms with van der Waals surface area (Å²) in [6.07, 6.45) is 2.53. The Hall–Kier alpha value is -2.83. The summed E-state index contributed by atoms with van der Waals surface area (Å²) in [7, 11) is 0. The smallest absolute Gasteiger partial charge is 0.317 e. The lowest BCUT2D eigenvalue weighted by Gasteiger charge is -2.32. The number of benzene rings is 1. The largest absolute Gasteiger partial charge is 0.493 e. The molecule has 2 heterocycles. The molecule has 1 atom stereocenters. The molecule has 0 bridgehead atoms. The lowest BCUT2D eigenvalue weighted by Crippen LogP contribution is -2.47. The zero-order valence-corrected chi connectivity index (χ0v) is 16.5. The van der Waals surface area contributed by atoms with E-state index in [1.54, 1.807) is 6.92 Å². The maximum atomic E-state index is 12.5. The number of carbonyl (C=O) groups excluding carboxylic acids is 1. The van der Waals surface area contributed by atoms with Crippen LogP contribution in [0.4, 0.5) is 4.79 Å². The molecule has 1 aromatic heterocycles. The number of rotatable bonds is 6. The molecule has 1 aliphatic heterocycles. The first-order chi connectivity index (χ1) is 13.5. The van der Waals surface area contributed by atoms with E-state index in [0.29, 0.717) is 43.6 Å². The van der Waals surface area contributed by atoms with E-state index >= 15 is 0 Å². The van der Waals surface area contributed by atoms with Crippen molar-refractivity contribution < 1.29 is 9.53 Å². The number of aromatic nitrogens is 2. The topological polar surface area (TPSA) is 87.3 Å². The molecule has 3 rings (SSSR count). The summed E-state index contributed by atoms with van der Waals surface area (Å²) in [5, 5.41) is 2.93. The summed E-state index contributed by atoms with van der Waals surface area (Å²) in [5.41, 5.74) is 1.63. The zero-order chi connectivity index (χ0) is 19.9. The van der Waals surface area contributed by atoms with Gasteiger partial charge in [-0.1, -0.05) is 18.2 Å². The van der Waals surface area contributed by atoms with Crippen molar-refractivity contribution in [1.82, 2.24) is 20.2 Å². The normalized spacial score (nSPS) is 16.6. The number of nitrogens with zero attached hydrogens (tertiary/aromatic N) is 2. The number of H-pyrrole nitrogens is 1. The Morgan fingerprint density at radius 3 is 2.96 bits per heavy atom. The number of aromatic amines is 1. The average Bonchev–Trinajstić information content (AvgIpc) is 2.67. The number of carbonyl (C=O) groups is 1. The highest BCUT2D eigenvalue weighted by atomic mass is 16.5. The van der Waals surface area contributed by atoms with Crippen LogP contribution in [0.25, 0.3) is 0 Å². The second-order valence-electron chi connectivity index (χ2n) is 7.35. The van der Waals surface area contributed by atoms with Gasteiger partial charge in [0.25, 0.3) is 5.56 Å². The Morgan fingerprint density at radius 2 is 2.18 bits per heavy atom. The fourth-order valence-corrected chi connectivity index (χ4v) is 3.47. The van der Waals surface area contributed by atoms with Gasteiger partial charge in [-0.05, 0) is 38.3 Å². The predicted octanol–water partition coefficient (Wildman–Crippen LogP) is 2.43. The standard InChI is InChI=1S/C21H28N4O3/c1-15-6-3-4-8-18(15)28-14-17-7-5-11-25(13-17)21(27)22-10-9-19-23-16(2)12-20(26)24-19/h3-4,6,8,12,17H,5,7,9-11,13-14H2,1-2H3,(H,22,27)(H,23,24,26)/t17-/m1/s1. The van der Waals surface area contributed by atoms with Crippen LogP contribution < -0.4 is 15.6 Å². The van der Waals surface area contributed by atoms with Gasteiger partial charge in [-0.2, -0.15) is 0 Å². The number of urea groups is 1. The molecule has 0 aliphatic carbocycles. The third kappa shape index (κ3) is 5.58. The number of hydrogen-bond acceptors (Lipinski definition) is 4. The monoisotopic (exact) mass is 384 g/mol. The van der Waals surface area contributed by atoms with Gasteiger partial charge in [-0.3, -0.25) is 4.79 Å². The van der Waals surface area contributed by atoms with Crippen LogP contribution in [0, 0.1) is 19.8 Å². The summed E-state index contributed by atoms with van der Waals surface area (Å²) >= 11 is 0. The van der Waals surface area contributed by atoms with Crippen LogP contribution in [0.2, 0.25) is 0 Å². The van der Waals surface area contributed by atoms with E-state index in [0.717, 1.165) is 30.7 Å². The number of aryl methyl sites for hydroxylation is 2. The molecular formula is C21H28N4O3. The number of ether oxygens (including phenoxy) is 1. The summed E-state index contributed by atoms with van der Waals surface area (Å²) in [6, 6.07) is 9.36. The van der Waals surface area contributed by atoms with Gasteiger partial charge in [-0.15, -0.1) is 0 Å². The van der Waals surface area contributed by atoms with Crippen molar-refractivity contribution in [1.29, 1.82) is 0 Å². The minimum Gasteiger partial charge on any atom is -0.493 e. The molecule has 0 saturated carbocycles. The lowest BCUT2D eigenvalue weighted by atomic mass is 9.99. The molecule has 2 aromatic rings. The van der Waals surface area contributed by atoms with Crippen LogP contribution in [0.15, 0.2) is 35.1 Å². The van der Waals surface area contributed by atoms with Gasteiger partial charge in [0, 0.05) is 43.7 Å². The van der Waals surface area contributed by atoms with Gasteiger partial charge < -0.3 is 19.9 Å². The fourth-order valence-electron chi connectivity index (χ4n) is 3.47. The molecule has 0 spiro atoms. The van der Waals surface area contributed by atoms with E-state index in [9.17, 15) is 9.59 Å². The maximum Gasteiger partial charge on any atom is 0.317 e. The van der Waals surface area contributed by atoms with Crippen molar-refractivity contribution in [3.63, 3.8) is 0 Å². The summed E-state index contributed by atoms with van der Waals surface area (Å²) in [6.45, 7) is 6.31. The second kappa shape index (κ2) is 9.39. The minimum absolute atomic E-state index is 0.0735. The Balaban J connectivity index is 1.44. The van der Waals surface area contributed by atoms with Crippen LogP contribution in [0.5, 0.6) is 5.75 Å². The molecule has 150 valence electrons. The van der Waals surface area contributed by atoms with Gasteiger partial charge in [0.1, 0.15) is 11.6 Å². The molecule has 7 heteroatoms. The highest BCUT2D eigenvalue weighted by molar-refractivity contribution is 5.74. The average molecular weight is 384 g/mol. The van der Waals surface area contributed by atoms with Gasteiger partial charge in [0.15, 0.2) is 0 Å². The van der Waals surface area contributed by atoms with Crippen LogP contribution in [-0.4, -0.2) is 47.1 Å². The Morgan fingerprint density at radius 1 is 1.36 bits per heavy atom. The molecule has 28 heavy (non-hydrogen) atoms. The van der Waals surface area contributed by atoms with Gasteiger partial charge >= 0.3 is 6.03 Å². The highest BCUT2D eigenvalue weighted by Gasteiger charge is 2.24. The Labute approximate surface area is 165 Å². The van der Waals surface area contributed by atoms with Crippen LogP contribution in [0.3, 0.4) is 0 Å². The van der Waals surface area contributed by atoms with Crippen LogP contribution in [-0.2, 0) is 6.42 Å². The quantitative estimate of drug-likeness (QED) is 0.801. The molecule has 0 radical (unpaired) electrons. The Bertz CT molecular complexity index is 865. The van der Waals surface area contributed by atoms with E-state index in [-0.39, 0.29) is 11.6 Å². The van der Waals surface area contributed by atoms with Gasteiger partial charge in [-0.25, -0.2) is 9.78 Å². The summed E-state index contributed by atoms with van der Waals surface area (Å²) in [5.74, 6) is 1.83. The second-order valence-corrected chi connectivity index (χ2v) is 7.35. The molecule has 1 aliphatic rings. The van der Waals surface area contributed by atoms with Crippen molar-refractivity contribution in [3.05, 3.63) is 57.8 Å². The van der Waals surface area contributed by atoms with Crippen molar-refractivity contribution >= 4 is 6.03 Å². The minimum atomic E-state index is -0.165. The molecule has 2 N–H and O–H groups in total. The first-order valence-corrected chi connectivity index (χ1v) is 9.79. The maximum absolute atomic E-state index is 12.5. The predicted molar refractivity (Wildman–Crippen MR) is 108 cm³/mol. The lowest BCUT2D eigenvalue weighted by molar-refractivity contribution is 0.137. The first kappa shape index (κ1) is 19.9. The molecular weight excluding hydrogens is 356 g/mol. The molecule has 1 fully saturated rings. The molecule has 1 saturated heterocycles. The Kier molecular flexibility index (Phi) is 6.68. The third-order valence-corrected chi connectivity index (χ3v) is 4.93. The molecule has 7 nitrogen and oxygen atoms in total. The highest BCUT2D eigenvalue weighted by Crippen LogP contribution is 2.21. The number of piperidine rings is 1. The van der Waals surface area contributed by atoms with Crippen molar-refractivity contribution in [2.45, 2.75) is 33.1 Å². The number of nitrogens with one attached hydrogen (secondary N) is 2. The number of hydrogen-bond donors (Lipinski definition) is 2. The van der Waals surface area contributed by atoms with Crippen molar-refractivity contribution in [2.75, 3.05) is 26.2 Å². The molecule has 1 aromatic carbocycles. The third-order valence-electron chi connectivity index (χ3n) is 4.93. The summed E-state index contributed by atoms with van der Waals surface area (Å²) in [4.78, 5) is 32.8. The van der Waals surface area contributed by atoms with Gasteiger partial charge in [0.2, 0.25) is 0 Å². The van der Waals surface area contributed by atoms with Gasteiger partial charge in [0.05, 0.1) is 6.61 Å². The molecule has 0 unspecified atom stereocenters. The first-order valence-electron chi connectivity index (χ1n) is 9.79. The van der Waals surface area contributed by atoms with Crippen molar-refractivity contribution in [3.8, 4) is 5.75 Å². The molecule has 2 amide bonds. The number of para-hydroxylation sites is 1. The van der Waals surface area contributed by atoms with E-state index in [2.05, 4.69) is 15.3 Å². The van der Waals surface area contributed by atoms with E-state index < -0.39 is 0 Å². The van der Waals surface area contributed by atoms with E-state index in [1.807, 2.05) is 36.1 Å².